The number of nitrogens with zero attached hydrogens (tertiary/aromatic N) is 3. The van der Waals surface area contributed by atoms with E-state index in [0.29, 0.717) is 24.2 Å². The minimum absolute atomic E-state index is 0. The second-order valence-corrected chi connectivity index (χ2v) is 6.80. The summed E-state index contributed by atoms with van der Waals surface area (Å²) in [7, 11) is 1.79. The summed E-state index contributed by atoms with van der Waals surface area (Å²) in [5.74, 6) is 2.52. The number of hydrogen-bond donors (Lipinski definition) is 2. The van der Waals surface area contributed by atoms with E-state index in [2.05, 4.69) is 31.6 Å². The Morgan fingerprint density at radius 3 is 2.96 bits per heavy atom. The number of aliphatic imine (C=N–C) groups is 1. The molecule has 2 N–H and O–H groups in total. The molecule has 1 fully saturated rings. The highest BCUT2D eigenvalue weighted by atomic mass is 127. The summed E-state index contributed by atoms with van der Waals surface area (Å²) >= 11 is 6.27. The van der Waals surface area contributed by atoms with Crippen molar-refractivity contribution in [3.8, 4) is 5.75 Å². The van der Waals surface area contributed by atoms with Gasteiger partial charge in [-0.1, -0.05) is 23.7 Å². The molecule has 0 amide bonds. The van der Waals surface area contributed by atoms with Gasteiger partial charge in [0.25, 0.3) is 0 Å². The molecule has 0 saturated carbocycles. The molecule has 0 bridgehead atoms. The van der Waals surface area contributed by atoms with Crippen molar-refractivity contribution in [1.82, 2.24) is 15.6 Å². The number of guanidine groups is 1. The molecule has 152 valence electrons. The van der Waals surface area contributed by atoms with E-state index in [1.165, 1.54) is 0 Å². The molecule has 1 aromatic heterocycles. The van der Waals surface area contributed by atoms with Crippen LogP contribution in [0.4, 0.5) is 5.82 Å². The monoisotopic (exact) mass is 515 g/mol. The standard InChI is InChI=1S/C20H26ClN5O.HI/c1-3-27-17-7-4-6-15(12-17)13-24-20(22-2)25-16-9-11-26(14-16)19-18(21)8-5-10-23-19;/h4-8,10,12,16H,3,9,11,13-14H2,1-2H3,(H2,22,24,25);1H. The van der Waals surface area contributed by atoms with Gasteiger partial charge in [-0.25, -0.2) is 4.98 Å². The predicted octanol–water partition coefficient (Wildman–Crippen LogP) is 3.70. The van der Waals surface area contributed by atoms with Gasteiger partial charge in [0.15, 0.2) is 5.96 Å². The number of aromatic nitrogens is 1. The molecule has 2 heterocycles. The molecule has 1 saturated heterocycles. The number of pyridine rings is 1. The number of halogens is 2. The molecule has 1 unspecified atom stereocenters. The first-order chi connectivity index (χ1) is 13.2. The van der Waals surface area contributed by atoms with E-state index in [-0.39, 0.29) is 24.0 Å². The third-order valence-corrected chi connectivity index (χ3v) is 4.76. The summed E-state index contributed by atoms with van der Waals surface area (Å²) in [6.45, 7) is 5.10. The highest BCUT2D eigenvalue weighted by Crippen LogP contribution is 2.25. The molecule has 1 aromatic carbocycles. The van der Waals surface area contributed by atoms with Crippen LogP contribution in [0.3, 0.4) is 0 Å². The topological polar surface area (TPSA) is 61.8 Å². The Labute approximate surface area is 188 Å². The second kappa shape index (κ2) is 11.3. The van der Waals surface area contributed by atoms with E-state index in [0.717, 1.165) is 42.6 Å². The van der Waals surface area contributed by atoms with Crippen LogP contribution in [0.25, 0.3) is 0 Å². The Morgan fingerprint density at radius 1 is 1.36 bits per heavy atom. The Hall–Kier alpha value is -1.74. The fourth-order valence-electron chi connectivity index (χ4n) is 3.17. The quantitative estimate of drug-likeness (QED) is 0.349. The maximum atomic E-state index is 6.27. The summed E-state index contributed by atoms with van der Waals surface area (Å²) in [5.41, 5.74) is 1.15. The van der Waals surface area contributed by atoms with Crippen LogP contribution in [0.1, 0.15) is 18.9 Å². The number of nitrogens with one attached hydrogen (secondary N) is 2. The fraction of sp³-hybridized carbons (Fsp3) is 0.400. The van der Waals surface area contributed by atoms with Crippen LogP contribution in [-0.2, 0) is 6.54 Å². The maximum Gasteiger partial charge on any atom is 0.191 e. The summed E-state index contributed by atoms with van der Waals surface area (Å²) in [4.78, 5) is 11.0. The van der Waals surface area contributed by atoms with Crippen molar-refractivity contribution < 1.29 is 4.74 Å². The van der Waals surface area contributed by atoms with E-state index in [4.69, 9.17) is 16.3 Å². The largest absolute Gasteiger partial charge is 0.494 e. The molecule has 0 radical (unpaired) electrons. The molecule has 1 aliphatic heterocycles. The summed E-state index contributed by atoms with van der Waals surface area (Å²) in [6, 6.07) is 12.1. The van der Waals surface area contributed by atoms with Crippen molar-refractivity contribution in [1.29, 1.82) is 0 Å². The van der Waals surface area contributed by atoms with E-state index in [1.54, 1.807) is 13.2 Å². The molecule has 0 spiro atoms. The van der Waals surface area contributed by atoms with Crippen LogP contribution in [0.15, 0.2) is 47.6 Å². The third-order valence-electron chi connectivity index (χ3n) is 4.46. The Kier molecular flexibility index (Phi) is 9.11. The van der Waals surface area contributed by atoms with Crippen molar-refractivity contribution >= 4 is 47.4 Å². The lowest BCUT2D eigenvalue weighted by atomic mass is 10.2. The lowest BCUT2D eigenvalue weighted by molar-refractivity contribution is 0.340. The van der Waals surface area contributed by atoms with Crippen molar-refractivity contribution in [2.75, 3.05) is 31.6 Å². The minimum atomic E-state index is 0. The van der Waals surface area contributed by atoms with Crippen LogP contribution in [0, 0.1) is 0 Å². The minimum Gasteiger partial charge on any atom is -0.494 e. The SMILES string of the molecule is CCOc1cccc(CNC(=NC)NC2CCN(c3ncccc3Cl)C2)c1.I. The average molecular weight is 516 g/mol. The molecular formula is C20H27ClIN5O. The van der Waals surface area contributed by atoms with Gasteiger partial charge >= 0.3 is 0 Å². The van der Waals surface area contributed by atoms with Gasteiger partial charge in [0.1, 0.15) is 11.6 Å². The highest BCUT2D eigenvalue weighted by Gasteiger charge is 2.25. The Bertz CT molecular complexity index is 789. The van der Waals surface area contributed by atoms with E-state index >= 15 is 0 Å². The normalized spacial score (nSPS) is 16.5. The average Bonchev–Trinajstić information content (AvgIpc) is 3.14. The number of hydrogen-bond acceptors (Lipinski definition) is 4. The molecule has 6 nitrogen and oxygen atoms in total. The predicted molar refractivity (Wildman–Crippen MR) is 126 cm³/mol. The first-order valence-electron chi connectivity index (χ1n) is 9.24. The number of rotatable bonds is 6. The van der Waals surface area contributed by atoms with Gasteiger partial charge in [0, 0.05) is 38.9 Å². The van der Waals surface area contributed by atoms with Crippen LogP contribution < -0.4 is 20.3 Å². The second-order valence-electron chi connectivity index (χ2n) is 6.39. The molecule has 8 heteroatoms. The van der Waals surface area contributed by atoms with Crippen LogP contribution >= 0.6 is 35.6 Å². The van der Waals surface area contributed by atoms with Gasteiger partial charge in [-0.05, 0) is 43.2 Å². The molecule has 1 aliphatic rings. The van der Waals surface area contributed by atoms with E-state index in [9.17, 15) is 0 Å². The molecule has 28 heavy (non-hydrogen) atoms. The van der Waals surface area contributed by atoms with Crippen molar-refractivity contribution in [3.05, 3.63) is 53.2 Å². The fourth-order valence-corrected chi connectivity index (χ4v) is 3.41. The van der Waals surface area contributed by atoms with Gasteiger partial charge in [-0.3, -0.25) is 4.99 Å². The lowest BCUT2D eigenvalue weighted by Gasteiger charge is -2.20. The number of ether oxygens (including phenoxy) is 1. The van der Waals surface area contributed by atoms with Gasteiger partial charge in [0.2, 0.25) is 0 Å². The lowest BCUT2D eigenvalue weighted by Crippen LogP contribution is -2.44. The zero-order valence-electron chi connectivity index (χ0n) is 16.2. The maximum absolute atomic E-state index is 6.27. The first-order valence-corrected chi connectivity index (χ1v) is 9.61. The van der Waals surface area contributed by atoms with Crippen molar-refractivity contribution in [2.24, 2.45) is 4.99 Å². The molecular weight excluding hydrogens is 489 g/mol. The Morgan fingerprint density at radius 2 is 2.21 bits per heavy atom. The number of anilines is 1. The highest BCUT2D eigenvalue weighted by molar-refractivity contribution is 14.0. The first kappa shape index (κ1) is 22.5. The van der Waals surface area contributed by atoms with Gasteiger partial charge in [-0.2, -0.15) is 0 Å². The van der Waals surface area contributed by atoms with Crippen LogP contribution in [0.5, 0.6) is 5.75 Å². The van der Waals surface area contributed by atoms with Crippen molar-refractivity contribution in [3.63, 3.8) is 0 Å². The molecule has 2 aromatic rings. The molecule has 1 atom stereocenters. The summed E-state index contributed by atoms with van der Waals surface area (Å²) in [5, 5.41) is 7.55. The van der Waals surface area contributed by atoms with E-state index in [1.807, 2.05) is 37.3 Å². The molecule has 3 rings (SSSR count). The molecule has 0 aliphatic carbocycles. The van der Waals surface area contributed by atoms with Gasteiger partial charge in [0.05, 0.1) is 11.6 Å². The van der Waals surface area contributed by atoms with Gasteiger partial charge < -0.3 is 20.3 Å². The zero-order chi connectivity index (χ0) is 19.1. The van der Waals surface area contributed by atoms with Crippen LogP contribution in [0.2, 0.25) is 5.02 Å². The van der Waals surface area contributed by atoms with Crippen LogP contribution in [-0.4, -0.2) is 43.7 Å². The summed E-state index contributed by atoms with van der Waals surface area (Å²) < 4.78 is 5.55. The Balaban J connectivity index is 0.00000280. The third kappa shape index (κ3) is 6.13. The summed E-state index contributed by atoms with van der Waals surface area (Å²) in [6.07, 6.45) is 2.78. The van der Waals surface area contributed by atoms with Gasteiger partial charge in [-0.15, -0.1) is 24.0 Å². The zero-order valence-corrected chi connectivity index (χ0v) is 19.3. The smallest absolute Gasteiger partial charge is 0.191 e. The number of benzene rings is 1. The van der Waals surface area contributed by atoms with E-state index < -0.39 is 0 Å². The van der Waals surface area contributed by atoms with Crippen molar-refractivity contribution in [2.45, 2.75) is 25.9 Å².